The van der Waals surface area contributed by atoms with Gasteiger partial charge in [-0.25, -0.2) is 0 Å². The Hall–Kier alpha value is -1.88. The number of fused-ring (bicyclic) bond motifs is 1. The molecule has 5 heteroatoms. The number of amides is 1. The van der Waals surface area contributed by atoms with Gasteiger partial charge < -0.3 is 15.3 Å². The molecule has 2 unspecified atom stereocenters. The van der Waals surface area contributed by atoms with E-state index in [9.17, 15) is 14.7 Å². The van der Waals surface area contributed by atoms with Crippen molar-refractivity contribution in [2.45, 2.75) is 31.2 Å². The van der Waals surface area contributed by atoms with Crippen LogP contribution in [0.1, 0.15) is 31.2 Å². The first kappa shape index (κ1) is 13.1. The maximum absolute atomic E-state index is 12.8. The first-order valence-electron chi connectivity index (χ1n) is 6.92. The SMILES string of the molecule is CC1(C(=O)N2CC(C(=O)O)c3ccccc32)CCCN1. The number of hydrogen-bond acceptors (Lipinski definition) is 3. The third-order valence-electron chi connectivity index (χ3n) is 4.35. The molecule has 5 nitrogen and oxygen atoms in total. The van der Waals surface area contributed by atoms with E-state index in [1.54, 1.807) is 11.0 Å². The zero-order valence-corrected chi connectivity index (χ0v) is 11.4. The van der Waals surface area contributed by atoms with Gasteiger partial charge in [-0.3, -0.25) is 9.59 Å². The van der Waals surface area contributed by atoms with Crippen molar-refractivity contribution in [1.29, 1.82) is 0 Å². The summed E-state index contributed by atoms with van der Waals surface area (Å²) in [6.45, 7) is 2.96. The summed E-state index contributed by atoms with van der Waals surface area (Å²) in [6, 6.07) is 7.28. The zero-order valence-electron chi connectivity index (χ0n) is 11.4. The van der Waals surface area contributed by atoms with Crippen LogP contribution in [0.2, 0.25) is 0 Å². The van der Waals surface area contributed by atoms with E-state index in [1.165, 1.54) is 0 Å². The minimum absolute atomic E-state index is 0.0220. The number of rotatable bonds is 2. The fraction of sp³-hybridized carbons (Fsp3) is 0.467. The number of carbonyl (C=O) groups is 2. The van der Waals surface area contributed by atoms with Crippen molar-refractivity contribution in [1.82, 2.24) is 5.32 Å². The molecule has 0 aromatic heterocycles. The molecule has 0 bridgehead atoms. The monoisotopic (exact) mass is 274 g/mol. The second kappa shape index (κ2) is 4.59. The van der Waals surface area contributed by atoms with Gasteiger partial charge in [0.25, 0.3) is 0 Å². The third-order valence-corrected chi connectivity index (χ3v) is 4.35. The highest BCUT2D eigenvalue weighted by Crippen LogP contribution is 2.38. The average Bonchev–Trinajstić information content (AvgIpc) is 3.03. The summed E-state index contributed by atoms with van der Waals surface area (Å²) in [5, 5.41) is 12.6. The highest BCUT2D eigenvalue weighted by molar-refractivity contribution is 6.04. The molecule has 2 atom stereocenters. The fourth-order valence-electron chi connectivity index (χ4n) is 3.19. The van der Waals surface area contributed by atoms with Crippen molar-refractivity contribution in [3.8, 4) is 0 Å². The molecule has 20 heavy (non-hydrogen) atoms. The molecule has 1 fully saturated rings. The number of carbonyl (C=O) groups excluding carboxylic acids is 1. The number of hydrogen-bond donors (Lipinski definition) is 2. The standard InChI is InChI=1S/C15H18N2O3/c1-15(7-4-8-16-15)14(20)17-9-11(13(18)19)10-5-2-3-6-12(10)17/h2-3,5-6,11,16H,4,7-9H2,1H3,(H,18,19). The van der Waals surface area contributed by atoms with Gasteiger partial charge in [-0.2, -0.15) is 0 Å². The second-order valence-corrected chi connectivity index (χ2v) is 5.73. The maximum atomic E-state index is 12.8. The van der Waals surface area contributed by atoms with Gasteiger partial charge in [-0.1, -0.05) is 18.2 Å². The fourth-order valence-corrected chi connectivity index (χ4v) is 3.19. The smallest absolute Gasteiger partial charge is 0.312 e. The number of nitrogens with zero attached hydrogens (tertiary/aromatic N) is 1. The highest BCUT2D eigenvalue weighted by Gasteiger charge is 2.44. The summed E-state index contributed by atoms with van der Waals surface area (Å²) in [5.74, 6) is -1.52. The predicted molar refractivity (Wildman–Crippen MR) is 74.8 cm³/mol. The first-order chi connectivity index (χ1) is 9.53. The van der Waals surface area contributed by atoms with Gasteiger partial charge in [0, 0.05) is 12.2 Å². The number of nitrogens with one attached hydrogen (secondary N) is 1. The lowest BCUT2D eigenvalue weighted by molar-refractivity contribution is -0.138. The Labute approximate surface area is 117 Å². The minimum atomic E-state index is -0.878. The molecule has 0 aliphatic carbocycles. The van der Waals surface area contributed by atoms with Gasteiger partial charge in [-0.15, -0.1) is 0 Å². The zero-order chi connectivity index (χ0) is 14.3. The Morgan fingerprint density at radius 2 is 2.15 bits per heavy atom. The van der Waals surface area contributed by atoms with E-state index in [-0.39, 0.29) is 12.5 Å². The van der Waals surface area contributed by atoms with Crippen molar-refractivity contribution in [3.05, 3.63) is 29.8 Å². The Morgan fingerprint density at radius 3 is 2.80 bits per heavy atom. The van der Waals surface area contributed by atoms with Gasteiger partial charge >= 0.3 is 5.97 Å². The summed E-state index contributed by atoms with van der Waals surface area (Å²) in [6.07, 6.45) is 1.77. The summed E-state index contributed by atoms with van der Waals surface area (Å²) >= 11 is 0. The van der Waals surface area contributed by atoms with Crippen molar-refractivity contribution in [2.24, 2.45) is 0 Å². The van der Waals surface area contributed by atoms with Crippen LogP contribution < -0.4 is 10.2 Å². The normalized spacial score (nSPS) is 28.4. The number of aliphatic carboxylic acids is 1. The Kier molecular flexibility index (Phi) is 3.01. The molecule has 106 valence electrons. The van der Waals surface area contributed by atoms with Crippen LogP contribution in [0.4, 0.5) is 5.69 Å². The van der Waals surface area contributed by atoms with E-state index in [1.807, 2.05) is 25.1 Å². The van der Waals surface area contributed by atoms with Gasteiger partial charge in [0.15, 0.2) is 0 Å². The van der Waals surface area contributed by atoms with Crippen molar-refractivity contribution in [2.75, 3.05) is 18.0 Å². The van der Waals surface area contributed by atoms with Gasteiger partial charge in [0.2, 0.25) is 5.91 Å². The first-order valence-corrected chi connectivity index (χ1v) is 6.92. The van der Waals surface area contributed by atoms with E-state index in [4.69, 9.17) is 0 Å². The molecular formula is C15H18N2O3. The lowest BCUT2D eigenvalue weighted by Gasteiger charge is -2.29. The molecule has 0 radical (unpaired) electrons. The van der Waals surface area contributed by atoms with E-state index in [2.05, 4.69) is 5.32 Å². The lowest BCUT2D eigenvalue weighted by atomic mass is 9.98. The molecule has 0 saturated carbocycles. The molecule has 2 aliphatic rings. The molecular weight excluding hydrogens is 256 g/mol. The Morgan fingerprint density at radius 1 is 1.40 bits per heavy atom. The quantitative estimate of drug-likeness (QED) is 0.854. The summed E-state index contributed by atoms with van der Waals surface area (Å²) in [5.41, 5.74) is 0.898. The molecule has 3 rings (SSSR count). The van der Waals surface area contributed by atoms with Crippen LogP contribution in [0.3, 0.4) is 0 Å². The van der Waals surface area contributed by atoms with Gasteiger partial charge in [0.05, 0.1) is 5.54 Å². The van der Waals surface area contributed by atoms with E-state index in [0.29, 0.717) is 0 Å². The molecule has 1 aromatic rings. The number of carboxylic acid groups (broad SMARTS) is 1. The number of benzene rings is 1. The predicted octanol–water partition coefficient (Wildman–Crippen LogP) is 1.34. The van der Waals surface area contributed by atoms with Crippen molar-refractivity contribution in [3.63, 3.8) is 0 Å². The van der Waals surface area contributed by atoms with Crippen LogP contribution in [-0.4, -0.2) is 35.6 Å². The Bertz CT molecular complexity index is 564. The lowest BCUT2D eigenvalue weighted by Crippen LogP contribution is -2.53. The van der Waals surface area contributed by atoms with E-state index in [0.717, 1.165) is 30.6 Å². The van der Waals surface area contributed by atoms with Crippen LogP contribution in [0.25, 0.3) is 0 Å². The van der Waals surface area contributed by atoms with Crippen LogP contribution in [0.15, 0.2) is 24.3 Å². The molecule has 2 aliphatic heterocycles. The molecule has 0 spiro atoms. The van der Waals surface area contributed by atoms with Gasteiger partial charge in [0.1, 0.15) is 5.92 Å². The summed E-state index contributed by atoms with van der Waals surface area (Å²) < 4.78 is 0. The molecule has 1 amide bonds. The molecule has 1 saturated heterocycles. The third kappa shape index (κ3) is 1.89. The van der Waals surface area contributed by atoms with Crippen LogP contribution >= 0.6 is 0 Å². The number of anilines is 1. The minimum Gasteiger partial charge on any atom is -0.481 e. The van der Waals surface area contributed by atoms with E-state index >= 15 is 0 Å². The van der Waals surface area contributed by atoms with E-state index < -0.39 is 17.4 Å². The summed E-state index contributed by atoms with van der Waals surface area (Å²) in [4.78, 5) is 25.8. The van der Waals surface area contributed by atoms with Gasteiger partial charge in [-0.05, 0) is 37.9 Å². The molecule has 2 heterocycles. The largest absolute Gasteiger partial charge is 0.481 e. The van der Waals surface area contributed by atoms with Crippen LogP contribution in [0, 0.1) is 0 Å². The Balaban J connectivity index is 1.96. The number of carboxylic acids is 1. The molecule has 2 N–H and O–H groups in total. The highest BCUT2D eigenvalue weighted by atomic mass is 16.4. The maximum Gasteiger partial charge on any atom is 0.312 e. The summed E-state index contributed by atoms with van der Waals surface area (Å²) in [7, 11) is 0. The topological polar surface area (TPSA) is 69.6 Å². The number of para-hydroxylation sites is 1. The van der Waals surface area contributed by atoms with Crippen LogP contribution in [0.5, 0.6) is 0 Å². The van der Waals surface area contributed by atoms with Crippen LogP contribution in [-0.2, 0) is 9.59 Å². The molecule has 1 aromatic carbocycles. The average molecular weight is 274 g/mol. The van der Waals surface area contributed by atoms with Crippen molar-refractivity contribution < 1.29 is 14.7 Å². The van der Waals surface area contributed by atoms with Crippen molar-refractivity contribution >= 4 is 17.6 Å². The second-order valence-electron chi connectivity index (χ2n) is 5.73.